The van der Waals surface area contributed by atoms with Gasteiger partial charge in [-0.05, 0) is 32.6 Å². The molecule has 1 fully saturated rings. The topological polar surface area (TPSA) is 99.5 Å². The molecule has 0 unspecified atom stereocenters. The average molecular weight is 354 g/mol. The summed E-state index contributed by atoms with van der Waals surface area (Å²) in [5, 5.41) is 17.7. The number of carbonyl (C=O) groups excluding carboxylic acids is 1. The average Bonchev–Trinajstić information content (AvgIpc) is 2.48. The van der Waals surface area contributed by atoms with E-state index < -0.39 is 41.1 Å². The van der Waals surface area contributed by atoms with Crippen LogP contribution in [0.2, 0.25) is 0 Å². The minimum Gasteiger partial charge on any atom is -0.478 e. The van der Waals surface area contributed by atoms with E-state index in [0.29, 0.717) is 0 Å². The van der Waals surface area contributed by atoms with Crippen LogP contribution in [0.4, 0.5) is 17.6 Å². The van der Waals surface area contributed by atoms with Crippen LogP contribution in [-0.4, -0.2) is 47.8 Å². The van der Waals surface area contributed by atoms with Crippen molar-refractivity contribution in [2.45, 2.75) is 50.5 Å². The zero-order valence-electron chi connectivity index (χ0n) is 12.9. The Morgan fingerprint density at radius 1 is 1.38 bits per heavy atom. The minimum atomic E-state index is -5.00. The van der Waals surface area contributed by atoms with E-state index >= 15 is 0 Å². The fraction of sp³-hybridized carbons (Fsp3) is 0.643. The van der Waals surface area contributed by atoms with Crippen molar-refractivity contribution in [2.24, 2.45) is 0 Å². The van der Waals surface area contributed by atoms with E-state index in [-0.39, 0.29) is 38.5 Å². The van der Waals surface area contributed by atoms with Crippen molar-refractivity contribution in [2.75, 3.05) is 6.61 Å². The first-order valence-corrected chi connectivity index (χ1v) is 7.23. The molecule has 1 rings (SSSR count). The third-order valence-electron chi connectivity index (χ3n) is 3.70. The monoisotopic (exact) mass is 354 g/mol. The van der Waals surface area contributed by atoms with Gasteiger partial charge in [0.1, 0.15) is 11.3 Å². The number of aliphatic carboxylic acids is 1. The maximum atomic E-state index is 14.4. The van der Waals surface area contributed by atoms with Crippen LogP contribution in [0.25, 0.3) is 0 Å². The number of hydrogen-bond donors (Lipinski definition) is 3. The molecule has 10 heteroatoms. The van der Waals surface area contributed by atoms with Crippen LogP contribution < -0.4 is 5.32 Å². The third-order valence-corrected chi connectivity index (χ3v) is 3.70. The van der Waals surface area contributed by atoms with Gasteiger partial charge in [0.2, 0.25) is 5.67 Å². The van der Waals surface area contributed by atoms with Gasteiger partial charge in [-0.15, -0.1) is 0 Å². The first kappa shape index (κ1) is 19.9. The van der Waals surface area contributed by atoms with Crippen molar-refractivity contribution in [3.05, 3.63) is 11.3 Å². The lowest BCUT2D eigenvalue weighted by molar-refractivity contribution is -0.160. The molecule has 0 radical (unpaired) electrons. The number of alkyl halides is 4. The molecule has 0 aromatic carbocycles. The summed E-state index contributed by atoms with van der Waals surface area (Å²) >= 11 is 0. The smallest absolute Gasteiger partial charge is 0.431 e. The number of nitrogens with one attached hydrogen (secondary N) is 2. The van der Waals surface area contributed by atoms with Crippen molar-refractivity contribution in [1.82, 2.24) is 5.32 Å². The van der Waals surface area contributed by atoms with Gasteiger partial charge < -0.3 is 20.6 Å². The Balaban J connectivity index is 2.88. The largest absolute Gasteiger partial charge is 0.478 e. The number of rotatable bonds is 6. The molecule has 0 aromatic heterocycles. The predicted molar refractivity (Wildman–Crippen MR) is 75.4 cm³/mol. The standard InChI is InChI=1S/C14H18F4N2O4/c1-2-24-12(23)13(15)5-3-8(4-6-13)20-10(14(16,17)18)9(7-19)11(21)22/h7-8,19-20H,2-6H2,1H3,(H,21,22)/b10-9+,19-7?/t8-,13-. The molecule has 0 amide bonds. The number of carboxylic acid groups (broad SMARTS) is 1. The Labute approximate surface area is 135 Å². The van der Waals surface area contributed by atoms with Crippen LogP contribution in [0.15, 0.2) is 11.3 Å². The maximum absolute atomic E-state index is 14.4. The lowest BCUT2D eigenvalue weighted by Gasteiger charge is -2.33. The highest BCUT2D eigenvalue weighted by Crippen LogP contribution is 2.35. The van der Waals surface area contributed by atoms with Gasteiger partial charge in [0, 0.05) is 12.3 Å². The molecular formula is C14H18F4N2O4. The fourth-order valence-electron chi connectivity index (χ4n) is 2.44. The van der Waals surface area contributed by atoms with Crippen LogP contribution in [0.5, 0.6) is 0 Å². The second-order valence-electron chi connectivity index (χ2n) is 5.34. The first-order valence-electron chi connectivity index (χ1n) is 7.23. The van der Waals surface area contributed by atoms with Gasteiger partial charge in [-0.2, -0.15) is 13.2 Å². The zero-order valence-corrected chi connectivity index (χ0v) is 12.9. The number of ether oxygens (including phenoxy) is 1. The summed E-state index contributed by atoms with van der Waals surface area (Å²) in [6.07, 6.45) is -5.79. The molecule has 0 heterocycles. The van der Waals surface area contributed by atoms with Crippen molar-refractivity contribution in [1.29, 1.82) is 5.41 Å². The summed E-state index contributed by atoms with van der Waals surface area (Å²) in [5.74, 6) is -2.94. The van der Waals surface area contributed by atoms with Gasteiger partial charge in [0.05, 0.1) is 6.61 Å². The molecule has 136 valence electrons. The van der Waals surface area contributed by atoms with Gasteiger partial charge in [0.25, 0.3) is 0 Å². The lowest BCUT2D eigenvalue weighted by Crippen LogP contribution is -2.46. The molecule has 1 aliphatic carbocycles. The van der Waals surface area contributed by atoms with E-state index in [1.165, 1.54) is 6.92 Å². The summed E-state index contributed by atoms with van der Waals surface area (Å²) in [7, 11) is 0. The Bertz CT molecular complexity index is 537. The summed E-state index contributed by atoms with van der Waals surface area (Å²) in [4.78, 5) is 22.4. The number of halogens is 4. The normalized spacial score (nSPS) is 25.5. The minimum absolute atomic E-state index is 0.00551. The maximum Gasteiger partial charge on any atom is 0.431 e. The van der Waals surface area contributed by atoms with E-state index in [4.69, 9.17) is 10.5 Å². The molecule has 0 atom stereocenters. The molecule has 0 spiro atoms. The molecule has 0 aliphatic heterocycles. The van der Waals surface area contributed by atoms with Crippen molar-refractivity contribution in [3.8, 4) is 0 Å². The molecule has 3 N–H and O–H groups in total. The lowest BCUT2D eigenvalue weighted by atomic mass is 9.83. The first-order chi connectivity index (χ1) is 11.0. The summed E-state index contributed by atoms with van der Waals surface area (Å²) in [6, 6.07) is -0.866. The molecule has 24 heavy (non-hydrogen) atoms. The second kappa shape index (κ2) is 7.63. The van der Waals surface area contributed by atoms with Crippen LogP contribution in [0, 0.1) is 5.41 Å². The van der Waals surface area contributed by atoms with Crippen molar-refractivity contribution >= 4 is 18.2 Å². The molecule has 1 aliphatic rings. The van der Waals surface area contributed by atoms with Crippen molar-refractivity contribution in [3.63, 3.8) is 0 Å². The van der Waals surface area contributed by atoms with Gasteiger partial charge in [-0.1, -0.05) is 0 Å². The van der Waals surface area contributed by atoms with Crippen LogP contribution in [-0.2, 0) is 14.3 Å². The van der Waals surface area contributed by atoms with E-state index in [9.17, 15) is 27.2 Å². The predicted octanol–water partition coefficient (Wildman–Crippen LogP) is 2.34. The highest BCUT2D eigenvalue weighted by Gasteiger charge is 2.45. The van der Waals surface area contributed by atoms with Crippen molar-refractivity contribution < 1.29 is 37.0 Å². The highest BCUT2D eigenvalue weighted by molar-refractivity contribution is 6.08. The molecule has 0 saturated heterocycles. The number of allylic oxidation sites excluding steroid dienone is 1. The summed E-state index contributed by atoms with van der Waals surface area (Å²) < 4.78 is 58.0. The highest BCUT2D eigenvalue weighted by atomic mass is 19.4. The van der Waals surface area contributed by atoms with Crippen LogP contribution >= 0.6 is 0 Å². The van der Waals surface area contributed by atoms with Gasteiger partial charge in [-0.25, -0.2) is 14.0 Å². The Hall–Kier alpha value is -2.13. The third kappa shape index (κ3) is 4.68. The molecule has 1 saturated carbocycles. The molecule has 6 nitrogen and oxygen atoms in total. The number of carboxylic acids is 1. The van der Waals surface area contributed by atoms with E-state index in [1.54, 1.807) is 0 Å². The zero-order chi connectivity index (χ0) is 18.5. The van der Waals surface area contributed by atoms with Gasteiger partial charge in [0.15, 0.2) is 0 Å². The van der Waals surface area contributed by atoms with E-state index in [1.807, 2.05) is 5.32 Å². The second-order valence-corrected chi connectivity index (χ2v) is 5.34. The van der Waals surface area contributed by atoms with E-state index in [2.05, 4.69) is 4.74 Å². The molecular weight excluding hydrogens is 336 g/mol. The van der Waals surface area contributed by atoms with Gasteiger partial charge >= 0.3 is 18.1 Å². The molecule has 0 bridgehead atoms. The van der Waals surface area contributed by atoms with E-state index in [0.717, 1.165) is 0 Å². The van der Waals surface area contributed by atoms with Gasteiger partial charge in [-0.3, -0.25) is 0 Å². The SMILES string of the molecule is CCOC(=O)[C@]1(F)CC[C@H](N/C(=C(\C=N)C(=O)O)C(F)(F)F)CC1. The number of carbonyl (C=O) groups is 2. The van der Waals surface area contributed by atoms with Crippen LogP contribution in [0.3, 0.4) is 0 Å². The Morgan fingerprint density at radius 3 is 2.29 bits per heavy atom. The van der Waals surface area contributed by atoms with Crippen LogP contribution in [0.1, 0.15) is 32.6 Å². The Morgan fingerprint density at radius 2 is 1.92 bits per heavy atom. The summed E-state index contributed by atoms with van der Waals surface area (Å²) in [5.41, 5.74) is -5.03. The Kier molecular flexibility index (Phi) is 6.33. The number of hydrogen-bond acceptors (Lipinski definition) is 5. The fourth-order valence-corrected chi connectivity index (χ4v) is 2.44. The summed E-state index contributed by atoms with van der Waals surface area (Å²) in [6.45, 7) is 1.51. The number of esters is 1. The molecule has 0 aromatic rings. The quantitative estimate of drug-likeness (QED) is 0.294.